The quantitative estimate of drug-likeness (QED) is 0.758. The normalized spacial score (nSPS) is 22.5. The molecular weight excluding hydrogens is 191 g/mol. The number of benzene rings is 1. The van der Waals surface area contributed by atoms with Crippen LogP contribution in [0, 0.1) is 11.7 Å². The Bertz CT molecular complexity index is 327. The highest BCUT2D eigenvalue weighted by atomic mass is 19.1. The Hall–Kier alpha value is -1.09. The second-order valence-corrected chi connectivity index (χ2v) is 4.21. The Morgan fingerprint density at radius 2 is 2.20 bits per heavy atom. The van der Waals surface area contributed by atoms with Crippen molar-refractivity contribution in [1.29, 1.82) is 0 Å². The molecule has 0 radical (unpaired) electrons. The van der Waals surface area contributed by atoms with Crippen LogP contribution in [0.1, 0.15) is 6.92 Å². The van der Waals surface area contributed by atoms with E-state index in [1.54, 1.807) is 6.07 Å². The fourth-order valence-electron chi connectivity index (χ4n) is 2.02. The molecule has 1 heterocycles. The molecule has 0 aromatic heterocycles. The van der Waals surface area contributed by atoms with E-state index in [4.69, 9.17) is 0 Å². The predicted octanol–water partition coefficient (Wildman–Crippen LogP) is 1.87. The van der Waals surface area contributed by atoms with Gasteiger partial charge in [0, 0.05) is 19.6 Å². The molecule has 1 aliphatic rings. The summed E-state index contributed by atoms with van der Waals surface area (Å²) in [6.45, 7) is 5.94. The van der Waals surface area contributed by atoms with Crippen LogP contribution >= 0.6 is 0 Å². The van der Waals surface area contributed by atoms with E-state index < -0.39 is 0 Å². The summed E-state index contributed by atoms with van der Waals surface area (Å²) in [5.74, 6) is 0.443. The number of para-hydroxylation sites is 1. The number of rotatable bonds is 1. The Kier molecular flexibility index (Phi) is 3.21. The van der Waals surface area contributed by atoms with E-state index in [1.165, 1.54) is 6.07 Å². The molecule has 0 amide bonds. The highest BCUT2D eigenvalue weighted by molar-refractivity contribution is 5.47. The molecule has 0 saturated carbocycles. The van der Waals surface area contributed by atoms with Gasteiger partial charge in [0.2, 0.25) is 0 Å². The minimum atomic E-state index is -0.119. The van der Waals surface area contributed by atoms with Gasteiger partial charge in [-0.15, -0.1) is 0 Å². The molecule has 82 valence electrons. The second kappa shape index (κ2) is 4.62. The molecule has 1 atom stereocenters. The lowest BCUT2D eigenvalue weighted by Gasteiger charge is -2.24. The van der Waals surface area contributed by atoms with Crippen molar-refractivity contribution in [3.05, 3.63) is 30.1 Å². The standard InChI is InChI=1S/C12H17FN2/c1-10-8-14-6-7-15(9-10)12-5-3-2-4-11(12)13/h2-5,10,14H,6-9H2,1H3. The van der Waals surface area contributed by atoms with Gasteiger partial charge in [0.25, 0.3) is 0 Å². The van der Waals surface area contributed by atoms with Gasteiger partial charge in [-0.3, -0.25) is 0 Å². The predicted molar refractivity (Wildman–Crippen MR) is 60.6 cm³/mol. The Labute approximate surface area is 90.1 Å². The third kappa shape index (κ3) is 2.48. The smallest absolute Gasteiger partial charge is 0.146 e. The monoisotopic (exact) mass is 208 g/mol. The van der Waals surface area contributed by atoms with E-state index >= 15 is 0 Å². The van der Waals surface area contributed by atoms with E-state index in [1.807, 2.05) is 12.1 Å². The molecule has 15 heavy (non-hydrogen) atoms. The first-order valence-electron chi connectivity index (χ1n) is 5.47. The molecule has 1 fully saturated rings. The van der Waals surface area contributed by atoms with Crippen LogP contribution in [0.3, 0.4) is 0 Å². The molecule has 2 nitrogen and oxygen atoms in total. The molecule has 1 aromatic rings. The van der Waals surface area contributed by atoms with Gasteiger partial charge in [-0.05, 0) is 24.6 Å². The van der Waals surface area contributed by atoms with Gasteiger partial charge in [0.1, 0.15) is 5.82 Å². The summed E-state index contributed by atoms with van der Waals surface area (Å²) < 4.78 is 13.6. The van der Waals surface area contributed by atoms with Gasteiger partial charge in [0.15, 0.2) is 0 Å². The maximum absolute atomic E-state index is 13.6. The van der Waals surface area contributed by atoms with E-state index in [-0.39, 0.29) is 5.82 Å². The van der Waals surface area contributed by atoms with Crippen LogP contribution in [-0.4, -0.2) is 26.2 Å². The van der Waals surface area contributed by atoms with E-state index in [0.29, 0.717) is 5.92 Å². The van der Waals surface area contributed by atoms with Crippen molar-refractivity contribution in [1.82, 2.24) is 5.32 Å². The molecule has 0 bridgehead atoms. The van der Waals surface area contributed by atoms with Crippen molar-refractivity contribution >= 4 is 5.69 Å². The number of nitrogens with one attached hydrogen (secondary N) is 1. The summed E-state index contributed by atoms with van der Waals surface area (Å²) in [6.07, 6.45) is 0. The summed E-state index contributed by atoms with van der Waals surface area (Å²) in [5.41, 5.74) is 0.730. The van der Waals surface area contributed by atoms with Crippen molar-refractivity contribution in [2.75, 3.05) is 31.1 Å². The second-order valence-electron chi connectivity index (χ2n) is 4.21. The van der Waals surface area contributed by atoms with Crippen molar-refractivity contribution in [3.8, 4) is 0 Å². The third-order valence-corrected chi connectivity index (χ3v) is 2.78. The van der Waals surface area contributed by atoms with Crippen LogP contribution in [0.5, 0.6) is 0 Å². The van der Waals surface area contributed by atoms with Crippen LogP contribution < -0.4 is 10.2 Å². The Balaban J connectivity index is 2.18. The number of hydrogen-bond acceptors (Lipinski definition) is 2. The maximum Gasteiger partial charge on any atom is 0.146 e. The lowest BCUT2D eigenvalue weighted by Crippen LogP contribution is -2.29. The SMILES string of the molecule is CC1CNCCN(c2ccccc2F)C1. The third-order valence-electron chi connectivity index (χ3n) is 2.78. The minimum absolute atomic E-state index is 0.119. The number of hydrogen-bond donors (Lipinski definition) is 1. The molecule has 0 aliphatic carbocycles. The summed E-state index contributed by atoms with van der Waals surface area (Å²) in [5, 5.41) is 3.35. The molecular formula is C12H17FN2. The van der Waals surface area contributed by atoms with Gasteiger partial charge < -0.3 is 10.2 Å². The Morgan fingerprint density at radius 3 is 3.00 bits per heavy atom. The number of halogens is 1. The molecule has 2 rings (SSSR count). The van der Waals surface area contributed by atoms with Crippen molar-refractivity contribution in [2.45, 2.75) is 6.92 Å². The average Bonchev–Trinajstić information content (AvgIpc) is 2.43. The highest BCUT2D eigenvalue weighted by Gasteiger charge is 2.16. The van der Waals surface area contributed by atoms with Crippen LogP contribution in [-0.2, 0) is 0 Å². The topological polar surface area (TPSA) is 15.3 Å². The minimum Gasteiger partial charge on any atom is -0.368 e. The first-order chi connectivity index (χ1) is 7.27. The van der Waals surface area contributed by atoms with Crippen molar-refractivity contribution in [2.24, 2.45) is 5.92 Å². The molecule has 0 spiro atoms. The molecule has 1 saturated heterocycles. The van der Waals surface area contributed by atoms with Crippen LogP contribution in [0.25, 0.3) is 0 Å². The number of nitrogens with zero attached hydrogens (tertiary/aromatic N) is 1. The van der Waals surface area contributed by atoms with E-state index in [0.717, 1.165) is 31.9 Å². The summed E-state index contributed by atoms with van der Waals surface area (Å²) in [6, 6.07) is 7.01. The van der Waals surface area contributed by atoms with Gasteiger partial charge in [-0.1, -0.05) is 19.1 Å². The highest BCUT2D eigenvalue weighted by Crippen LogP contribution is 2.20. The van der Waals surface area contributed by atoms with Gasteiger partial charge in [-0.2, -0.15) is 0 Å². The molecule has 1 N–H and O–H groups in total. The first kappa shape index (κ1) is 10.4. The van der Waals surface area contributed by atoms with Gasteiger partial charge >= 0.3 is 0 Å². The fourth-order valence-corrected chi connectivity index (χ4v) is 2.02. The van der Waals surface area contributed by atoms with Crippen molar-refractivity contribution in [3.63, 3.8) is 0 Å². The summed E-state index contributed by atoms with van der Waals surface area (Å²) in [7, 11) is 0. The fraction of sp³-hybridized carbons (Fsp3) is 0.500. The lowest BCUT2D eigenvalue weighted by molar-refractivity contribution is 0.558. The zero-order chi connectivity index (χ0) is 10.7. The largest absolute Gasteiger partial charge is 0.368 e. The van der Waals surface area contributed by atoms with Crippen LogP contribution in [0.4, 0.5) is 10.1 Å². The lowest BCUT2D eigenvalue weighted by atomic mass is 10.1. The number of anilines is 1. The average molecular weight is 208 g/mol. The maximum atomic E-state index is 13.6. The zero-order valence-electron chi connectivity index (χ0n) is 9.04. The summed E-state index contributed by atoms with van der Waals surface area (Å²) >= 11 is 0. The van der Waals surface area contributed by atoms with E-state index in [9.17, 15) is 4.39 Å². The molecule has 1 aliphatic heterocycles. The van der Waals surface area contributed by atoms with Crippen LogP contribution in [0.15, 0.2) is 24.3 Å². The van der Waals surface area contributed by atoms with Crippen molar-refractivity contribution < 1.29 is 4.39 Å². The van der Waals surface area contributed by atoms with Gasteiger partial charge in [0.05, 0.1) is 5.69 Å². The molecule has 1 aromatic carbocycles. The van der Waals surface area contributed by atoms with E-state index in [2.05, 4.69) is 17.1 Å². The summed E-state index contributed by atoms with van der Waals surface area (Å²) in [4.78, 5) is 2.12. The molecule has 3 heteroatoms. The Morgan fingerprint density at radius 1 is 1.40 bits per heavy atom. The molecule has 1 unspecified atom stereocenters. The van der Waals surface area contributed by atoms with Crippen LogP contribution in [0.2, 0.25) is 0 Å². The zero-order valence-corrected chi connectivity index (χ0v) is 9.04. The first-order valence-corrected chi connectivity index (χ1v) is 5.47. The van der Waals surface area contributed by atoms with Gasteiger partial charge in [-0.25, -0.2) is 4.39 Å².